The van der Waals surface area contributed by atoms with Gasteiger partial charge in [0.15, 0.2) is 5.58 Å². The Kier molecular flexibility index (Phi) is 2.97. The molecule has 1 N–H and O–H groups in total. The third-order valence-corrected chi connectivity index (χ3v) is 3.52. The van der Waals surface area contributed by atoms with E-state index in [2.05, 4.69) is 15.2 Å². The maximum atomic E-state index is 10.1. The number of phenols is 1. The van der Waals surface area contributed by atoms with Gasteiger partial charge >= 0.3 is 0 Å². The van der Waals surface area contributed by atoms with Gasteiger partial charge in [-0.3, -0.25) is 4.57 Å². The summed E-state index contributed by atoms with van der Waals surface area (Å²) < 4.78 is 12.7. The second-order valence-electron chi connectivity index (χ2n) is 4.92. The summed E-state index contributed by atoms with van der Waals surface area (Å²) in [4.78, 5) is 4.43. The van der Waals surface area contributed by atoms with Crippen LogP contribution in [0.4, 0.5) is 0 Å². The minimum Gasteiger partial charge on any atom is -0.507 e. The fourth-order valence-corrected chi connectivity index (χ4v) is 2.34. The van der Waals surface area contributed by atoms with Crippen molar-refractivity contribution in [1.29, 1.82) is 0 Å². The lowest BCUT2D eigenvalue weighted by Crippen LogP contribution is -1.91. The molecule has 0 atom stereocenters. The lowest BCUT2D eigenvalue weighted by atomic mass is 10.1. The second-order valence-corrected chi connectivity index (χ2v) is 4.92. The molecule has 0 amide bonds. The summed E-state index contributed by atoms with van der Waals surface area (Å²) in [6.45, 7) is 0. The minimum atomic E-state index is 0.0837. The van der Waals surface area contributed by atoms with E-state index in [-0.39, 0.29) is 5.75 Å². The molecule has 2 aromatic heterocycles. The first-order chi connectivity index (χ1) is 11.2. The summed E-state index contributed by atoms with van der Waals surface area (Å²) in [6.07, 6.45) is 3.15. The van der Waals surface area contributed by atoms with Crippen molar-refractivity contribution in [2.45, 2.75) is 0 Å². The molecule has 0 fully saturated rings. The number of fused-ring (bicyclic) bond motifs is 1. The summed E-state index contributed by atoms with van der Waals surface area (Å²) in [7, 11) is 1.59. The number of rotatable bonds is 3. The predicted octanol–water partition coefficient (Wildman–Crippen LogP) is 2.79. The third kappa shape index (κ3) is 2.28. The fourth-order valence-electron chi connectivity index (χ4n) is 2.34. The Balaban J connectivity index is 1.85. The van der Waals surface area contributed by atoms with Crippen LogP contribution in [0.15, 0.2) is 53.5 Å². The van der Waals surface area contributed by atoms with Crippen molar-refractivity contribution in [3.05, 3.63) is 49.1 Å². The molecule has 4 rings (SSSR count). The third-order valence-electron chi connectivity index (χ3n) is 3.52. The number of hydrogen-bond acceptors (Lipinski definition) is 6. The summed E-state index contributed by atoms with van der Waals surface area (Å²) in [5.74, 6) is 1.11. The highest BCUT2D eigenvalue weighted by molar-refractivity contribution is 5.79. The Morgan fingerprint density at radius 3 is 2.70 bits per heavy atom. The molecule has 0 saturated heterocycles. The average Bonchev–Trinajstić information content (AvgIpc) is 3.24. The second kappa shape index (κ2) is 5.13. The van der Waals surface area contributed by atoms with E-state index in [0.717, 1.165) is 5.69 Å². The van der Waals surface area contributed by atoms with Gasteiger partial charge in [-0.25, -0.2) is 4.98 Å². The fraction of sp³-hybridized carbons (Fsp3) is 0.0625. The molecule has 7 nitrogen and oxygen atoms in total. The van der Waals surface area contributed by atoms with Crippen LogP contribution in [0.5, 0.6) is 11.5 Å². The van der Waals surface area contributed by atoms with Gasteiger partial charge in [0.25, 0.3) is 0 Å². The lowest BCUT2D eigenvalue weighted by molar-refractivity contribution is 0.415. The molecule has 0 aliphatic rings. The van der Waals surface area contributed by atoms with Crippen molar-refractivity contribution in [2.24, 2.45) is 0 Å². The number of ether oxygens (including phenoxy) is 1. The Labute approximate surface area is 130 Å². The number of aromatic hydroxyl groups is 1. The number of oxazole rings is 1. The van der Waals surface area contributed by atoms with Gasteiger partial charge in [0, 0.05) is 11.8 Å². The molecule has 0 aliphatic carbocycles. The predicted molar refractivity (Wildman–Crippen MR) is 82.6 cm³/mol. The van der Waals surface area contributed by atoms with Gasteiger partial charge in [-0.15, -0.1) is 10.2 Å². The van der Waals surface area contributed by atoms with E-state index in [4.69, 9.17) is 9.15 Å². The zero-order chi connectivity index (χ0) is 15.8. The van der Waals surface area contributed by atoms with Crippen LogP contribution in [0.1, 0.15) is 0 Å². The monoisotopic (exact) mass is 308 g/mol. The summed E-state index contributed by atoms with van der Waals surface area (Å²) in [5.41, 5.74) is 2.57. The smallest absolute Gasteiger partial charge is 0.231 e. The van der Waals surface area contributed by atoms with Crippen LogP contribution in [0.3, 0.4) is 0 Å². The molecule has 7 heteroatoms. The highest BCUT2D eigenvalue weighted by Gasteiger charge is 2.14. The molecule has 0 aliphatic heterocycles. The van der Waals surface area contributed by atoms with E-state index < -0.39 is 0 Å². The number of benzene rings is 2. The summed E-state index contributed by atoms with van der Waals surface area (Å²) >= 11 is 0. The van der Waals surface area contributed by atoms with Crippen LogP contribution < -0.4 is 4.74 Å². The van der Waals surface area contributed by atoms with Crippen molar-refractivity contribution in [3.8, 4) is 28.6 Å². The van der Waals surface area contributed by atoms with E-state index in [1.807, 2.05) is 0 Å². The van der Waals surface area contributed by atoms with Gasteiger partial charge in [0.05, 0.1) is 12.7 Å². The average molecular weight is 308 g/mol. The van der Waals surface area contributed by atoms with E-state index >= 15 is 0 Å². The highest BCUT2D eigenvalue weighted by atomic mass is 16.5. The van der Waals surface area contributed by atoms with E-state index in [1.165, 1.54) is 0 Å². The van der Waals surface area contributed by atoms with Crippen molar-refractivity contribution in [2.75, 3.05) is 7.11 Å². The number of methoxy groups -OCH3 is 1. The van der Waals surface area contributed by atoms with Crippen molar-refractivity contribution >= 4 is 11.1 Å². The Morgan fingerprint density at radius 2 is 1.91 bits per heavy atom. The molecule has 2 heterocycles. The maximum Gasteiger partial charge on any atom is 0.231 e. The number of aromatic nitrogens is 4. The summed E-state index contributed by atoms with van der Waals surface area (Å²) in [6, 6.07) is 10.5. The first kappa shape index (κ1) is 13.3. The first-order valence-electron chi connectivity index (χ1n) is 6.87. The molecule has 4 aromatic rings. The molecule has 0 saturated carbocycles. The Hall–Kier alpha value is -3.35. The van der Waals surface area contributed by atoms with Crippen molar-refractivity contribution in [1.82, 2.24) is 19.7 Å². The van der Waals surface area contributed by atoms with Gasteiger partial charge < -0.3 is 14.3 Å². The van der Waals surface area contributed by atoms with E-state index in [0.29, 0.717) is 28.3 Å². The molecule has 114 valence electrons. The molecule has 0 radical (unpaired) electrons. The van der Waals surface area contributed by atoms with Gasteiger partial charge in [-0.2, -0.15) is 0 Å². The van der Waals surface area contributed by atoms with Crippen LogP contribution in [0.2, 0.25) is 0 Å². The molecule has 2 aromatic carbocycles. The van der Waals surface area contributed by atoms with Crippen LogP contribution in [-0.4, -0.2) is 32.0 Å². The van der Waals surface area contributed by atoms with Gasteiger partial charge in [-0.05, 0) is 30.3 Å². The summed E-state index contributed by atoms with van der Waals surface area (Å²) in [5, 5.41) is 17.7. The normalized spacial score (nSPS) is 11.0. The topological polar surface area (TPSA) is 86.2 Å². The van der Waals surface area contributed by atoms with E-state index in [9.17, 15) is 5.11 Å². The number of phenolic OH excluding ortho intramolecular Hbond substituents is 1. The molecule has 0 unspecified atom stereocenters. The maximum absolute atomic E-state index is 10.1. The van der Waals surface area contributed by atoms with Crippen molar-refractivity contribution < 1.29 is 14.3 Å². The van der Waals surface area contributed by atoms with Crippen LogP contribution in [0, 0.1) is 0 Å². The van der Waals surface area contributed by atoms with Gasteiger partial charge in [0.1, 0.15) is 29.7 Å². The van der Waals surface area contributed by atoms with Crippen LogP contribution >= 0.6 is 0 Å². The standard InChI is InChI=1S/C16H12N4O3/c1-22-11-3-5-15-13(7-11)19-16(23-15)12-6-10(2-4-14(12)21)20-8-17-18-9-20/h2-9,21H,1H3. The molecule has 23 heavy (non-hydrogen) atoms. The Bertz CT molecular complexity index is 976. The number of hydrogen-bond donors (Lipinski definition) is 1. The molecule has 0 bridgehead atoms. The lowest BCUT2D eigenvalue weighted by Gasteiger charge is -2.05. The Morgan fingerprint density at radius 1 is 1.09 bits per heavy atom. The SMILES string of the molecule is COc1ccc2oc(-c3cc(-n4cnnc4)ccc3O)nc2c1. The highest BCUT2D eigenvalue weighted by Crippen LogP contribution is 2.33. The van der Waals surface area contributed by atoms with Crippen LogP contribution in [-0.2, 0) is 0 Å². The first-order valence-corrected chi connectivity index (χ1v) is 6.87. The number of nitrogens with zero attached hydrogens (tertiary/aromatic N) is 4. The zero-order valence-electron chi connectivity index (χ0n) is 12.2. The quantitative estimate of drug-likeness (QED) is 0.626. The van der Waals surface area contributed by atoms with Crippen molar-refractivity contribution in [3.63, 3.8) is 0 Å². The molecular formula is C16H12N4O3. The van der Waals surface area contributed by atoms with E-state index in [1.54, 1.807) is 60.7 Å². The van der Waals surface area contributed by atoms with Gasteiger partial charge in [0.2, 0.25) is 5.89 Å². The minimum absolute atomic E-state index is 0.0837. The van der Waals surface area contributed by atoms with Crippen LogP contribution in [0.25, 0.3) is 28.2 Å². The molecular weight excluding hydrogens is 296 g/mol. The van der Waals surface area contributed by atoms with Gasteiger partial charge in [-0.1, -0.05) is 0 Å². The zero-order valence-corrected chi connectivity index (χ0v) is 12.2. The molecule has 0 spiro atoms. The largest absolute Gasteiger partial charge is 0.507 e.